The Morgan fingerprint density at radius 1 is 1.35 bits per heavy atom. The van der Waals surface area contributed by atoms with Crippen LogP contribution in [-0.4, -0.2) is 53.5 Å². The Kier molecular flexibility index (Phi) is 4.33. The van der Waals surface area contributed by atoms with E-state index < -0.39 is 0 Å². The van der Waals surface area contributed by atoms with Crippen LogP contribution >= 0.6 is 12.2 Å². The largest absolute Gasteiger partial charge is 0.388 e. The highest BCUT2D eigenvalue weighted by atomic mass is 32.1. The van der Waals surface area contributed by atoms with Crippen LogP contribution in [-0.2, 0) is 4.79 Å². The third-order valence-corrected chi connectivity index (χ3v) is 2.34. The molecule has 0 atom stereocenters. The molecule has 2 N–H and O–H groups in total. The highest BCUT2D eigenvalue weighted by Gasteiger charge is 2.15. The Morgan fingerprint density at radius 2 is 1.94 bits per heavy atom. The maximum absolute atomic E-state index is 11.6. The Balaban J connectivity index is 2.92. The molecule has 0 saturated carbocycles. The Bertz CT molecular complexity index is 434. The molecule has 17 heavy (non-hydrogen) atoms. The second-order valence-electron chi connectivity index (χ2n) is 3.74. The van der Waals surface area contributed by atoms with Crippen LogP contribution in [0.3, 0.4) is 0 Å². The summed E-state index contributed by atoms with van der Waals surface area (Å²) in [6, 6.07) is 0. The maximum atomic E-state index is 11.6. The average Bonchev–Trinajstić information content (AvgIpc) is 2.28. The monoisotopic (exact) mass is 253 g/mol. The average molecular weight is 253 g/mol. The molecule has 0 aliphatic rings. The van der Waals surface area contributed by atoms with Crippen LogP contribution < -0.4 is 10.6 Å². The first-order chi connectivity index (χ1) is 7.93. The molecule has 0 saturated heterocycles. The van der Waals surface area contributed by atoms with Crippen LogP contribution in [0.2, 0.25) is 0 Å². The molecule has 7 heteroatoms. The number of rotatable bonds is 4. The van der Waals surface area contributed by atoms with Crippen molar-refractivity contribution < 1.29 is 4.79 Å². The number of carbonyl (C=O) groups is 1. The number of hydrogen-bond donors (Lipinski definition) is 1. The molecule has 92 valence electrons. The van der Waals surface area contributed by atoms with Crippen molar-refractivity contribution in [2.45, 2.75) is 0 Å². The van der Waals surface area contributed by atoms with Crippen molar-refractivity contribution in [1.82, 2.24) is 14.9 Å². The topological polar surface area (TPSA) is 75.4 Å². The van der Waals surface area contributed by atoms with E-state index in [0.717, 1.165) is 0 Å². The fourth-order valence-corrected chi connectivity index (χ4v) is 1.35. The highest BCUT2D eigenvalue weighted by molar-refractivity contribution is 7.80. The molecule has 0 spiro atoms. The van der Waals surface area contributed by atoms with Gasteiger partial charge < -0.3 is 15.5 Å². The first-order valence-electron chi connectivity index (χ1n) is 4.95. The second-order valence-corrected chi connectivity index (χ2v) is 4.18. The predicted octanol–water partition coefficient (Wildman–Crippen LogP) is -0.365. The lowest BCUT2D eigenvalue weighted by Crippen LogP contribution is -2.35. The normalized spacial score (nSPS) is 9.82. The summed E-state index contributed by atoms with van der Waals surface area (Å²) in [5, 5.41) is 0. The smallest absolute Gasteiger partial charge is 0.241 e. The molecule has 0 aromatic carbocycles. The number of nitrogens with two attached hydrogens (primary N) is 1. The van der Waals surface area contributed by atoms with Crippen molar-refractivity contribution in [3.63, 3.8) is 0 Å². The minimum atomic E-state index is -0.0351. The number of nitrogens with zero attached hydrogens (tertiary/aromatic N) is 4. The molecule has 1 amide bonds. The highest BCUT2D eigenvalue weighted by Crippen LogP contribution is 2.12. The molecule has 1 heterocycles. The molecule has 0 unspecified atom stereocenters. The van der Waals surface area contributed by atoms with Gasteiger partial charge in [0.15, 0.2) is 5.82 Å². The summed E-state index contributed by atoms with van der Waals surface area (Å²) < 4.78 is 0. The van der Waals surface area contributed by atoms with Crippen molar-refractivity contribution in [3.05, 3.63) is 18.1 Å². The van der Waals surface area contributed by atoms with E-state index in [9.17, 15) is 4.79 Å². The number of thiocarbonyl (C=S) groups is 1. The third kappa shape index (κ3) is 3.35. The lowest BCUT2D eigenvalue weighted by Gasteiger charge is -2.21. The maximum Gasteiger partial charge on any atom is 0.241 e. The number of amides is 1. The number of carbonyl (C=O) groups excluding carboxylic acids is 1. The molecule has 0 aliphatic heterocycles. The van der Waals surface area contributed by atoms with Gasteiger partial charge in [-0.3, -0.25) is 4.79 Å². The van der Waals surface area contributed by atoms with Crippen molar-refractivity contribution in [3.8, 4) is 0 Å². The Hall–Kier alpha value is -1.76. The van der Waals surface area contributed by atoms with Gasteiger partial charge in [-0.15, -0.1) is 0 Å². The molecule has 0 bridgehead atoms. The lowest BCUT2D eigenvalue weighted by atomic mass is 10.3. The molecule has 0 aliphatic carbocycles. The second kappa shape index (κ2) is 5.53. The summed E-state index contributed by atoms with van der Waals surface area (Å²) in [4.78, 5) is 23.1. The van der Waals surface area contributed by atoms with Gasteiger partial charge in [0.25, 0.3) is 0 Å². The summed E-state index contributed by atoms with van der Waals surface area (Å²) in [6.07, 6.45) is 3.05. The zero-order valence-electron chi connectivity index (χ0n) is 10.0. The predicted molar refractivity (Wildman–Crippen MR) is 69.9 cm³/mol. The zero-order chi connectivity index (χ0) is 13.0. The van der Waals surface area contributed by atoms with E-state index in [1.807, 2.05) is 0 Å². The van der Waals surface area contributed by atoms with E-state index in [-0.39, 0.29) is 17.4 Å². The molecule has 1 aromatic rings. The van der Waals surface area contributed by atoms with E-state index in [2.05, 4.69) is 9.97 Å². The van der Waals surface area contributed by atoms with E-state index in [4.69, 9.17) is 18.0 Å². The molecule has 6 nitrogen and oxygen atoms in total. The van der Waals surface area contributed by atoms with Gasteiger partial charge in [-0.1, -0.05) is 12.2 Å². The van der Waals surface area contributed by atoms with Crippen LogP contribution in [0.4, 0.5) is 5.82 Å². The minimum Gasteiger partial charge on any atom is -0.388 e. The van der Waals surface area contributed by atoms with Gasteiger partial charge in [-0.2, -0.15) is 0 Å². The Morgan fingerprint density at radius 3 is 2.47 bits per heavy atom. The minimum absolute atomic E-state index is 0.0351. The fraction of sp³-hybridized carbons (Fsp3) is 0.400. The van der Waals surface area contributed by atoms with Crippen LogP contribution in [0.1, 0.15) is 5.69 Å². The molecule has 0 radical (unpaired) electrons. The summed E-state index contributed by atoms with van der Waals surface area (Å²) in [5.41, 5.74) is 5.98. The molecular weight excluding hydrogens is 238 g/mol. The van der Waals surface area contributed by atoms with E-state index in [0.29, 0.717) is 11.5 Å². The first kappa shape index (κ1) is 13.3. The van der Waals surface area contributed by atoms with E-state index in [1.165, 1.54) is 17.3 Å². The number of likely N-dealkylation sites (N-methyl/N-ethyl adjacent to an activating group) is 2. The van der Waals surface area contributed by atoms with Crippen molar-refractivity contribution in [2.24, 2.45) is 5.73 Å². The number of anilines is 1. The van der Waals surface area contributed by atoms with Crippen LogP contribution in [0.25, 0.3) is 0 Å². The summed E-state index contributed by atoms with van der Waals surface area (Å²) in [6.45, 7) is 0.196. The van der Waals surface area contributed by atoms with Crippen LogP contribution in [0, 0.1) is 0 Å². The van der Waals surface area contributed by atoms with Gasteiger partial charge in [0.05, 0.1) is 6.54 Å². The number of aromatic nitrogens is 2. The van der Waals surface area contributed by atoms with E-state index in [1.54, 1.807) is 26.0 Å². The number of hydrogen-bond acceptors (Lipinski definition) is 5. The van der Waals surface area contributed by atoms with Gasteiger partial charge in [0.2, 0.25) is 5.91 Å². The summed E-state index contributed by atoms with van der Waals surface area (Å²) >= 11 is 4.89. The van der Waals surface area contributed by atoms with Gasteiger partial charge in [-0.05, 0) is 0 Å². The van der Waals surface area contributed by atoms with Gasteiger partial charge in [-0.25, -0.2) is 9.97 Å². The molecule has 1 rings (SSSR count). The van der Waals surface area contributed by atoms with Crippen molar-refractivity contribution in [2.75, 3.05) is 32.6 Å². The SMILES string of the molecule is CN(C)C(=O)CN(C)c1nccnc1C(N)=S. The standard InChI is InChI=1S/C10H15N5OS/c1-14(2)7(16)6-15(3)10-8(9(11)17)12-4-5-13-10/h4-5H,6H2,1-3H3,(H2,11,17). The molecule has 0 fully saturated rings. The Labute approximate surface area is 105 Å². The van der Waals surface area contributed by atoms with Crippen LogP contribution in [0.5, 0.6) is 0 Å². The van der Waals surface area contributed by atoms with Gasteiger partial charge in [0.1, 0.15) is 10.7 Å². The molecule has 1 aromatic heterocycles. The van der Waals surface area contributed by atoms with Crippen molar-refractivity contribution in [1.29, 1.82) is 0 Å². The van der Waals surface area contributed by atoms with Gasteiger partial charge in [0, 0.05) is 33.5 Å². The summed E-state index contributed by atoms with van der Waals surface area (Å²) in [5.74, 6) is 0.474. The summed E-state index contributed by atoms with van der Waals surface area (Å²) in [7, 11) is 5.13. The van der Waals surface area contributed by atoms with Crippen LogP contribution in [0.15, 0.2) is 12.4 Å². The third-order valence-electron chi connectivity index (χ3n) is 2.15. The quantitative estimate of drug-likeness (QED) is 0.738. The van der Waals surface area contributed by atoms with Gasteiger partial charge >= 0.3 is 0 Å². The fourth-order valence-electron chi connectivity index (χ4n) is 1.20. The zero-order valence-corrected chi connectivity index (χ0v) is 10.9. The first-order valence-corrected chi connectivity index (χ1v) is 5.36. The van der Waals surface area contributed by atoms with Crippen molar-refractivity contribution >= 4 is 28.9 Å². The molecular formula is C10H15N5OS. The lowest BCUT2D eigenvalue weighted by molar-refractivity contribution is -0.127. The van der Waals surface area contributed by atoms with E-state index >= 15 is 0 Å².